The van der Waals surface area contributed by atoms with E-state index >= 15 is 0 Å². The van der Waals surface area contributed by atoms with Crippen molar-refractivity contribution in [3.8, 4) is 0 Å². The minimum absolute atomic E-state index is 0.496. The third-order valence-electron chi connectivity index (χ3n) is 6.14. The number of benzene rings is 2. The molecule has 0 bridgehead atoms. The maximum absolute atomic E-state index is 10.8. The highest BCUT2D eigenvalue weighted by Gasteiger charge is 2.16. The summed E-state index contributed by atoms with van der Waals surface area (Å²) in [4.78, 5) is 16.5. The third-order valence-corrected chi connectivity index (χ3v) is 7.28. The molecule has 1 aliphatic rings. The zero-order valence-corrected chi connectivity index (χ0v) is 19.9. The first-order valence-electron chi connectivity index (χ1n) is 11.4. The Bertz CT molecular complexity index is 1270. The van der Waals surface area contributed by atoms with Gasteiger partial charge in [0.2, 0.25) is 0 Å². The zero-order valence-electron chi connectivity index (χ0n) is 19.1. The molecule has 1 saturated heterocycles. The first-order chi connectivity index (χ1) is 16.1. The molecule has 5 rings (SSSR count). The number of para-hydroxylation sites is 1. The van der Waals surface area contributed by atoms with Gasteiger partial charge in [0.05, 0.1) is 55.3 Å². The smallest absolute Gasteiger partial charge is 0.144 e. The fourth-order valence-corrected chi connectivity index (χ4v) is 5.10. The number of hydrogen-bond acceptors (Lipinski definition) is 7. The number of aliphatic hydroxyl groups excluding tert-OH is 1. The van der Waals surface area contributed by atoms with Gasteiger partial charge >= 0.3 is 0 Å². The average molecular weight is 464 g/mol. The van der Waals surface area contributed by atoms with Crippen LogP contribution >= 0.6 is 11.8 Å². The van der Waals surface area contributed by atoms with Crippen LogP contribution in [-0.4, -0.2) is 67.7 Å². The minimum Gasteiger partial charge on any atom is -0.390 e. The van der Waals surface area contributed by atoms with Crippen molar-refractivity contribution in [2.45, 2.75) is 38.1 Å². The molecule has 0 saturated carbocycles. The lowest BCUT2D eigenvalue weighted by Gasteiger charge is -2.26. The number of morpholine rings is 1. The van der Waals surface area contributed by atoms with Gasteiger partial charge in [-0.05, 0) is 43.2 Å². The van der Waals surface area contributed by atoms with Crippen molar-refractivity contribution in [2.75, 3.05) is 32.1 Å². The van der Waals surface area contributed by atoms with E-state index in [1.165, 1.54) is 11.1 Å². The number of ether oxygens (including phenoxy) is 1. The van der Waals surface area contributed by atoms with Gasteiger partial charge < -0.3 is 14.4 Å². The Morgan fingerprint density at radius 3 is 2.70 bits per heavy atom. The monoisotopic (exact) mass is 463 g/mol. The summed E-state index contributed by atoms with van der Waals surface area (Å²) < 4.78 is 7.49. The van der Waals surface area contributed by atoms with E-state index in [1.807, 2.05) is 29.1 Å². The Morgan fingerprint density at radius 2 is 1.85 bits per heavy atom. The summed E-state index contributed by atoms with van der Waals surface area (Å²) in [5.74, 6) is 1.36. The Hall–Kier alpha value is -2.52. The Kier molecular flexibility index (Phi) is 6.59. The van der Waals surface area contributed by atoms with Gasteiger partial charge in [-0.1, -0.05) is 18.2 Å². The fraction of sp³-hybridized carbons (Fsp3) is 0.400. The van der Waals surface area contributed by atoms with Crippen LogP contribution in [0.5, 0.6) is 0 Å². The van der Waals surface area contributed by atoms with Gasteiger partial charge in [-0.15, -0.1) is 11.8 Å². The molecule has 7 nitrogen and oxygen atoms in total. The summed E-state index contributed by atoms with van der Waals surface area (Å²) in [6.07, 6.45) is 1.29. The summed E-state index contributed by atoms with van der Waals surface area (Å²) in [5.41, 5.74) is 5.43. The lowest BCUT2D eigenvalue weighted by Crippen LogP contribution is -2.36. The van der Waals surface area contributed by atoms with E-state index in [1.54, 1.807) is 11.8 Å². The number of aryl methyl sites for hydroxylation is 2. The Balaban J connectivity index is 1.31. The van der Waals surface area contributed by atoms with Gasteiger partial charge in [0.15, 0.2) is 0 Å². The quantitative estimate of drug-likeness (QED) is 0.332. The fourth-order valence-electron chi connectivity index (χ4n) is 4.15. The largest absolute Gasteiger partial charge is 0.390 e. The average Bonchev–Trinajstić information content (AvgIpc) is 3.19. The molecule has 3 heterocycles. The minimum atomic E-state index is -0.523. The van der Waals surface area contributed by atoms with Crippen LogP contribution < -0.4 is 0 Å². The Labute approximate surface area is 197 Å². The molecule has 1 atom stereocenters. The molecule has 0 amide bonds. The maximum Gasteiger partial charge on any atom is 0.144 e. The number of nitrogens with zero attached hydrogens (tertiary/aromatic N) is 5. The number of rotatable bonds is 7. The molecule has 2 aromatic carbocycles. The molecule has 2 aromatic heterocycles. The number of fused-ring (bicyclic) bond motifs is 2. The van der Waals surface area contributed by atoms with Crippen molar-refractivity contribution in [1.29, 1.82) is 0 Å². The van der Waals surface area contributed by atoms with Crippen molar-refractivity contribution < 1.29 is 9.84 Å². The highest BCUT2D eigenvalue weighted by atomic mass is 32.2. The van der Waals surface area contributed by atoms with Crippen molar-refractivity contribution >= 4 is 33.7 Å². The highest BCUT2D eigenvalue weighted by Crippen LogP contribution is 2.27. The molecule has 1 aliphatic heterocycles. The molecular formula is C25H29N5O2S. The number of imidazole rings is 1. The lowest BCUT2D eigenvalue weighted by atomic mass is 10.1. The van der Waals surface area contributed by atoms with Gasteiger partial charge in [-0.3, -0.25) is 4.90 Å². The van der Waals surface area contributed by atoms with Crippen molar-refractivity contribution in [2.24, 2.45) is 0 Å². The standard InChI is InChI=1S/C25H29N5O2S/c1-17-11-22-23(12-18(17)2)30(16-26-22)13-19(31)15-33-25-20-5-3-4-6-21(20)27-24(28-25)14-29-7-9-32-10-8-29/h3-6,11-12,16,19,31H,7-10,13-15H2,1-2H3. The number of aromatic nitrogens is 4. The van der Waals surface area contributed by atoms with Gasteiger partial charge in [-0.2, -0.15) is 0 Å². The first kappa shape index (κ1) is 22.3. The molecule has 0 aliphatic carbocycles. The van der Waals surface area contributed by atoms with Crippen LogP contribution in [0.3, 0.4) is 0 Å². The molecule has 1 unspecified atom stereocenters. The van der Waals surface area contributed by atoms with Gasteiger partial charge in [-0.25, -0.2) is 15.0 Å². The molecular weight excluding hydrogens is 434 g/mol. The molecule has 33 heavy (non-hydrogen) atoms. The van der Waals surface area contributed by atoms with Crippen molar-refractivity contribution in [3.05, 3.63) is 59.7 Å². The van der Waals surface area contributed by atoms with E-state index in [2.05, 4.69) is 41.9 Å². The van der Waals surface area contributed by atoms with E-state index in [4.69, 9.17) is 14.7 Å². The SMILES string of the molecule is Cc1cc2ncn(CC(O)CSc3nc(CN4CCOCC4)nc4ccccc34)c2cc1C. The van der Waals surface area contributed by atoms with Crippen LogP contribution in [-0.2, 0) is 17.8 Å². The molecule has 172 valence electrons. The molecule has 1 N–H and O–H groups in total. The van der Waals surface area contributed by atoms with Gasteiger partial charge in [0.25, 0.3) is 0 Å². The van der Waals surface area contributed by atoms with Gasteiger partial charge in [0.1, 0.15) is 10.9 Å². The zero-order chi connectivity index (χ0) is 22.8. The van der Waals surface area contributed by atoms with E-state index in [-0.39, 0.29) is 0 Å². The first-order valence-corrected chi connectivity index (χ1v) is 12.3. The van der Waals surface area contributed by atoms with E-state index in [0.717, 1.165) is 59.1 Å². The lowest BCUT2D eigenvalue weighted by molar-refractivity contribution is 0.0330. The topological polar surface area (TPSA) is 76.3 Å². The number of aliphatic hydroxyl groups is 1. The number of thioether (sulfide) groups is 1. The summed E-state index contributed by atoms with van der Waals surface area (Å²) in [6.45, 7) is 8.71. The summed E-state index contributed by atoms with van der Waals surface area (Å²) in [7, 11) is 0. The van der Waals surface area contributed by atoms with E-state index in [0.29, 0.717) is 18.8 Å². The predicted octanol–water partition coefficient (Wildman–Crippen LogP) is 3.58. The number of hydrogen-bond donors (Lipinski definition) is 1. The second kappa shape index (κ2) is 9.77. The van der Waals surface area contributed by atoms with Crippen LogP contribution in [0.2, 0.25) is 0 Å². The van der Waals surface area contributed by atoms with E-state index in [9.17, 15) is 5.11 Å². The summed E-state index contributed by atoms with van der Waals surface area (Å²) in [6, 6.07) is 12.3. The summed E-state index contributed by atoms with van der Waals surface area (Å²) in [5, 5.41) is 12.8. The second-order valence-electron chi connectivity index (χ2n) is 8.64. The van der Waals surface area contributed by atoms with Crippen LogP contribution in [0.1, 0.15) is 17.0 Å². The van der Waals surface area contributed by atoms with Gasteiger partial charge in [0, 0.05) is 24.2 Å². The highest BCUT2D eigenvalue weighted by molar-refractivity contribution is 7.99. The van der Waals surface area contributed by atoms with Crippen LogP contribution in [0.15, 0.2) is 47.8 Å². The molecule has 4 aromatic rings. The maximum atomic E-state index is 10.8. The Morgan fingerprint density at radius 1 is 1.06 bits per heavy atom. The molecule has 8 heteroatoms. The van der Waals surface area contributed by atoms with E-state index < -0.39 is 6.10 Å². The van der Waals surface area contributed by atoms with Crippen LogP contribution in [0.25, 0.3) is 21.9 Å². The van der Waals surface area contributed by atoms with Crippen LogP contribution in [0.4, 0.5) is 0 Å². The third kappa shape index (κ3) is 5.04. The van der Waals surface area contributed by atoms with Crippen molar-refractivity contribution in [1.82, 2.24) is 24.4 Å². The second-order valence-corrected chi connectivity index (χ2v) is 9.65. The molecule has 1 fully saturated rings. The van der Waals surface area contributed by atoms with Crippen LogP contribution in [0, 0.1) is 13.8 Å². The molecule has 0 spiro atoms. The van der Waals surface area contributed by atoms with Crippen molar-refractivity contribution in [3.63, 3.8) is 0 Å². The predicted molar refractivity (Wildman–Crippen MR) is 132 cm³/mol. The molecule has 0 radical (unpaired) electrons. The normalized spacial score (nSPS) is 16.0. The summed E-state index contributed by atoms with van der Waals surface area (Å²) >= 11 is 1.59.